The van der Waals surface area contributed by atoms with Crippen LogP contribution in [0.2, 0.25) is 0 Å². The fourth-order valence-electron chi connectivity index (χ4n) is 1.87. The van der Waals surface area contributed by atoms with E-state index in [1.165, 1.54) is 0 Å². The molecule has 0 saturated heterocycles. The Morgan fingerprint density at radius 2 is 1.90 bits per heavy atom. The van der Waals surface area contributed by atoms with Crippen LogP contribution >= 0.6 is 0 Å². The Morgan fingerprint density at radius 1 is 1.14 bits per heavy atom. The Hall–Kier alpha value is -2.89. The van der Waals surface area contributed by atoms with Crippen molar-refractivity contribution < 1.29 is 14.3 Å². The number of amides is 1. The zero-order chi connectivity index (χ0) is 14.5. The summed E-state index contributed by atoms with van der Waals surface area (Å²) in [5.41, 5.74) is 3.78. The molecule has 2 heterocycles. The van der Waals surface area contributed by atoms with E-state index in [2.05, 4.69) is 15.5 Å². The van der Waals surface area contributed by atoms with Crippen molar-refractivity contribution in [3.63, 3.8) is 0 Å². The van der Waals surface area contributed by atoms with E-state index in [1.807, 2.05) is 18.2 Å². The number of nitrogens with zero attached hydrogens (tertiary/aromatic N) is 2. The van der Waals surface area contributed by atoms with Crippen molar-refractivity contribution in [1.82, 2.24) is 10.4 Å². The number of benzene rings is 1. The first-order chi connectivity index (χ1) is 10.3. The van der Waals surface area contributed by atoms with Gasteiger partial charge in [-0.05, 0) is 35.9 Å². The second-order valence-electron chi connectivity index (χ2n) is 4.34. The third kappa shape index (κ3) is 3.17. The minimum atomic E-state index is -0.286. The van der Waals surface area contributed by atoms with Gasteiger partial charge in [-0.2, -0.15) is 5.10 Å². The number of fused-ring (bicyclic) bond motifs is 1. The molecule has 3 rings (SSSR count). The molecule has 6 heteroatoms. The molecule has 2 aromatic rings. The van der Waals surface area contributed by atoms with E-state index in [4.69, 9.17) is 9.47 Å². The van der Waals surface area contributed by atoms with Crippen LogP contribution in [-0.4, -0.2) is 30.3 Å². The van der Waals surface area contributed by atoms with Gasteiger partial charge in [-0.3, -0.25) is 9.78 Å². The lowest BCUT2D eigenvalue weighted by Crippen LogP contribution is -2.17. The average Bonchev–Trinajstić information content (AvgIpc) is 2.55. The molecule has 1 N–H and O–H groups in total. The maximum absolute atomic E-state index is 11.8. The first-order valence-corrected chi connectivity index (χ1v) is 6.46. The third-order valence-electron chi connectivity index (χ3n) is 2.89. The van der Waals surface area contributed by atoms with Crippen molar-refractivity contribution in [2.75, 3.05) is 13.2 Å². The molecule has 0 bridgehead atoms. The number of aromatic nitrogens is 1. The van der Waals surface area contributed by atoms with Gasteiger partial charge >= 0.3 is 0 Å². The monoisotopic (exact) mass is 283 g/mol. The largest absolute Gasteiger partial charge is 0.486 e. The number of pyridine rings is 1. The van der Waals surface area contributed by atoms with E-state index in [9.17, 15) is 4.79 Å². The van der Waals surface area contributed by atoms with Gasteiger partial charge in [0, 0.05) is 18.0 Å². The highest BCUT2D eigenvalue weighted by Gasteiger charge is 2.10. The van der Waals surface area contributed by atoms with Crippen LogP contribution in [0.4, 0.5) is 0 Å². The van der Waals surface area contributed by atoms with Gasteiger partial charge in [-0.25, -0.2) is 5.43 Å². The normalized spacial score (nSPS) is 13.1. The fraction of sp³-hybridized carbons (Fsp3) is 0.133. The maximum atomic E-state index is 11.8. The van der Waals surface area contributed by atoms with E-state index in [1.54, 1.807) is 30.7 Å². The van der Waals surface area contributed by atoms with Crippen LogP contribution in [0.3, 0.4) is 0 Å². The molecule has 1 aliphatic rings. The third-order valence-corrected chi connectivity index (χ3v) is 2.89. The molecule has 106 valence electrons. The van der Waals surface area contributed by atoms with Gasteiger partial charge in [0.1, 0.15) is 13.2 Å². The summed E-state index contributed by atoms with van der Waals surface area (Å²) in [7, 11) is 0. The average molecular weight is 283 g/mol. The Bertz CT molecular complexity index is 671. The molecule has 0 saturated carbocycles. The van der Waals surface area contributed by atoms with Crippen LogP contribution in [0.15, 0.2) is 47.8 Å². The molecule has 0 unspecified atom stereocenters. The van der Waals surface area contributed by atoms with Crippen LogP contribution in [0, 0.1) is 0 Å². The molecular weight excluding hydrogens is 270 g/mol. The molecule has 1 amide bonds. The van der Waals surface area contributed by atoms with Crippen LogP contribution in [0.25, 0.3) is 0 Å². The van der Waals surface area contributed by atoms with Gasteiger partial charge in [-0.1, -0.05) is 0 Å². The van der Waals surface area contributed by atoms with Gasteiger partial charge in [0.15, 0.2) is 11.5 Å². The van der Waals surface area contributed by atoms with Crippen molar-refractivity contribution in [3.8, 4) is 11.5 Å². The number of carbonyl (C=O) groups is 1. The molecule has 1 aliphatic heterocycles. The highest BCUT2D eigenvalue weighted by molar-refractivity contribution is 5.94. The predicted octanol–water partition coefficient (Wildman–Crippen LogP) is 1.62. The Labute approximate surface area is 121 Å². The molecule has 21 heavy (non-hydrogen) atoms. The van der Waals surface area contributed by atoms with Crippen LogP contribution in [-0.2, 0) is 0 Å². The zero-order valence-corrected chi connectivity index (χ0v) is 11.2. The molecule has 0 fully saturated rings. The quantitative estimate of drug-likeness (QED) is 0.686. The summed E-state index contributed by atoms with van der Waals surface area (Å²) in [6.07, 6.45) is 4.66. The number of nitrogens with one attached hydrogen (secondary N) is 1. The summed E-state index contributed by atoms with van der Waals surface area (Å²) in [6.45, 7) is 1.09. The standard InChI is InChI=1S/C15H13N3O3/c19-15(12-3-5-16-6-4-12)18-17-10-11-1-2-13-14(9-11)21-8-7-20-13/h1-6,9-10H,7-8H2,(H,18,19). The van der Waals surface area contributed by atoms with Crippen LogP contribution in [0.5, 0.6) is 11.5 Å². The van der Waals surface area contributed by atoms with Gasteiger partial charge in [0.05, 0.1) is 6.21 Å². The minimum absolute atomic E-state index is 0.286. The lowest BCUT2D eigenvalue weighted by molar-refractivity contribution is 0.0955. The van der Waals surface area contributed by atoms with E-state index in [0.29, 0.717) is 24.5 Å². The number of hydrazone groups is 1. The molecule has 0 aliphatic carbocycles. The van der Waals surface area contributed by atoms with Gasteiger partial charge in [0.2, 0.25) is 0 Å². The summed E-state index contributed by atoms with van der Waals surface area (Å²) in [5, 5.41) is 3.93. The van der Waals surface area contributed by atoms with Crippen molar-refractivity contribution >= 4 is 12.1 Å². The Morgan fingerprint density at radius 3 is 2.71 bits per heavy atom. The topological polar surface area (TPSA) is 72.8 Å². The number of rotatable bonds is 3. The number of ether oxygens (including phenoxy) is 2. The molecular formula is C15H13N3O3. The van der Waals surface area contributed by atoms with E-state index < -0.39 is 0 Å². The van der Waals surface area contributed by atoms with Gasteiger partial charge < -0.3 is 9.47 Å². The van der Waals surface area contributed by atoms with Gasteiger partial charge in [0.25, 0.3) is 5.91 Å². The Kier molecular flexibility index (Phi) is 3.77. The second kappa shape index (κ2) is 6.04. The SMILES string of the molecule is O=C(NN=Cc1ccc2c(c1)OCCO2)c1ccncc1. The van der Waals surface area contributed by atoms with Crippen molar-refractivity contribution in [3.05, 3.63) is 53.9 Å². The molecule has 1 aromatic carbocycles. The first kappa shape index (κ1) is 13.1. The minimum Gasteiger partial charge on any atom is -0.486 e. The molecule has 0 spiro atoms. The molecule has 6 nitrogen and oxygen atoms in total. The van der Waals surface area contributed by atoms with Crippen molar-refractivity contribution in [2.45, 2.75) is 0 Å². The van der Waals surface area contributed by atoms with Crippen LogP contribution in [0.1, 0.15) is 15.9 Å². The first-order valence-electron chi connectivity index (χ1n) is 6.46. The summed E-state index contributed by atoms with van der Waals surface area (Å²) >= 11 is 0. The van der Waals surface area contributed by atoms with Crippen LogP contribution < -0.4 is 14.9 Å². The number of carbonyl (C=O) groups excluding carboxylic acids is 1. The lowest BCUT2D eigenvalue weighted by atomic mass is 10.2. The Balaban J connectivity index is 1.65. The summed E-state index contributed by atoms with van der Waals surface area (Å²) < 4.78 is 10.9. The van der Waals surface area contributed by atoms with Crippen molar-refractivity contribution in [2.24, 2.45) is 5.10 Å². The summed E-state index contributed by atoms with van der Waals surface area (Å²) in [6, 6.07) is 8.72. The lowest BCUT2D eigenvalue weighted by Gasteiger charge is -2.18. The predicted molar refractivity (Wildman–Crippen MR) is 76.7 cm³/mol. The zero-order valence-electron chi connectivity index (χ0n) is 11.2. The second-order valence-corrected chi connectivity index (χ2v) is 4.34. The van der Waals surface area contributed by atoms with E-state index >= 15 is 0 Å². The summed E-state index contributed by atoms with van der Waals surface area (Å²) in [4.78, 5) is 15.6. The summed E-state index contributed by atoms with van der Waals surface area (Å²) in [5.74, 6) is 1.12. The number of hydrogen-bond acceptors (Lipinski definition) is 5. The molecule has 1 aromatic heterocycles. The maximum Gasteiger partial charge on any atom is 0.271 e. The van der Waals surface area contributed by atoms with E-state index in [-0.39, 0.29) is 5.91 Å². The van der Waals surface area contributed by atoms with Crippen molar-refractivity contribution in [1.29, 1.82) is 0 Å². The van der Waals surface area contributed by atoms with Gasteiger partial charge in [-0.15, -0.1) is 0 Å². The number of hydrogen-bond donors (Lipinski definition) is 1. The fourth-order valence-corrected chi connectivity index (χ4v) is 1.87. The molecule has 0 atom stereocenters. The molecule has 0 radical (unpaired) electrons. The highest BCUT2D eigenvalue weighted by Crippen LogP contribution is 2.30. The van der Waals surface area contributed by atoms with E-state index in [0.717, 1.165) is 11.3 Å². The highest BCUT2D eigenvalue weighted by atomic mass is 16.6. The smallest absolute Gasteiger partial charge is 0.271 e.